The number of rotatable bonds is 4. The standard InChI is InChI=1S/C10H11BrO/c11-8-10-5-2-1-4-9(10)6-3-7-12/h1-2,4-5,7H,3,6,8H2. The van der Waals surface area contributed by atoms with Crippen LogP contribution >= 0.6 is 15.9 Å². The van der Waals surface area contributed by atoms with E-state index in [-0.39, 0.29) is 0 Å². The van der Waals surface area contributed by atoms with Crippen molar-refractivity contribution in [2.45, 2.75) is 18.2 Å². The first-order chi connectivity index (χ1) is 5.88. The van der Waals surface area contributed by atoms with Crippen LogP contribution in [0.15, 0.2) is 24.3 Å². The molecule has 0 atom stereocenters. The van der Waals surface area contributed by atoms with Crippen molar-refractivity contribution in [3.63, 3.8) is 0 Å². The smallest absolute Gasteiger partial charge is 0.120 e. The highest BCUT2D eigenvalue weighted by Gasteiger charge is 1.98. The maximum atomic E-state index is 10.2. The summed E-state index contributed by atoms with van der Waals surface area (Å²) in [5.41, 5.74) is 2.54. The molecule has 1 rings (SSSR count). The number of aldehydes is 1. The van der Waals surface area contributed by atoms with E-state index in [1.54, 1.807) is 0 Å². The molecular weight excluding hydrogens is 216 g/mol. The second-order valence-electron chi connectivity index (χ2n) is 2.61. The summed E-state index contributed by atoms with van der Waals surface area (Å²) in [5.74, 6) is 0. The van der Waals surface area contributed by atoms with Crippen molar-refractivity contribution in [1.82, 2.24) is 0 Å². The average molecular weight is 227 g/mol. The molecule has 0 aliphatic heterocycles. The number of alkyl halides is 1. The van der Waals surface area contributed by atoms with Crippen molar-refractivity contribution in [3.05, 3.63) is 35.4 Å². The van der Waals surface area contributed by atoms with Gasteiger partial charge in [0.15, 0.2) is 0 Å². The van der Waals surface area contributed by atoms with E-state index >= 15 is 0 Å². The van der Waals surface area contributed by atoms with Crippen molar-refractivity contribution in [3.8, 4) is 0 Å². The lowest BCUT2D eigenvalue weighted by molar-refractivity contribution is -0.107. The Hall–Kier alpha value is -0.630. The van der Waals surface area contributed by atoms with Crippen LogP contribution in [0.4, 0.5) is 0 Å². The molecule has 12 heavy (non-hydrogen) atoms. The fourth-order valence-electron chi connectivity index (χ4n) is 1.15. The van der Waals surface area contributed by atoms with Crippen molar-refractivity contribution in [2.24, 2.45) is 0 Å². The number of carbonyl (C=O) groups excluding carboxylic acids is 1. The number of hydrogen-bond donors (Lipinski definition) is 0. The Kier molecular flexibility index (Phi) is 4.01. The first kappa shape index (κ1) is 9.46. The summed E-state index contributed by atoms with van der Waals surface area (Å²) in [6, 6.07) is 8.17. The predicted octanol–water partition coefficient (Wildman–Crippen LogP) is 2.71. The van der Waals surface area contributed by atoms with Crippen LogP contribution in [0.3, 0.4) is 0 Å². The van der Waals surface area contributed by atoms with E-state index in [0.29, 0.717) is 6.42 Å². The number of hydrogen-bond acceptors (Lipinski definition) is 1. The van der Waals surface area contributed by atoms with Gasteiger partial charge in [-0.3, -0.25) is 0 Å². The lowest BCUT2D eigenvalue weighted by Gasteiger charge is -2.03. The SMILES string of the molecule is O=CCCc1ccccc1CBr. The molecule has 0 N–H and O–H groups in total. The van der Waals surface area contributed by atoms with Gasteiger partial charge in [-0.25, -0.2) is 0 Å². The first-order valence-corrected chi connectivity index (χ1v) is 5.07. The van der Waals surface area contributed by atoms with Crippen molar-refractivity contribution < 1.29 is 4.79 Å². The molecule has 0 aromatic heterocycles. The number of benzene rings is 1. The third-order valence-corrected chi connectivity index (χ3v) is 2.40. The molecule has 1 aromatic rings. The zero-order valence-electron chi connectivity index (χ0n) is 6.79. The summed E-state index contributed by atoms with van der Waals surface area (Å²) in [7, 11) is 0. The molecule has 0 saturated heterocycles. The Balaban J connectivity index is 2.74. The van der Waals surface area contributed by atoms with E-state index in [1.165, 1.54) is 11.1 Å². The quantitative estimate of drug-likeness (QED) is 0.570. The minimum absolute atomic E-state index is 0.615. The average Bonchev–Trinajstić information content (AvgIpc) is 2.15. The summed E-state index contributed by atoms with van der Waals surface area (Å²) in [6.07, 6.45) is 2.43. The Morgan fingerprint density at radius 3 is 2.50 bits per heavy atom. The van der Waals surface area contributed by atoms with Gasteiger partial charge in [-0.2, -0.15) is 0 Å². The molecule has 1 nitrogen and oxygen atoms in total. The molecule has 0 unspecified atom stereocenters. The molecule has 0 spiro atoms. The van der Waals surface area contributed by atoms with E-state index < -0.39 is 0 Å². The summed E-state index contributed by atoms with van der Waals surface area (Å²) < 4.78 is 0. The molecule has 0 heterocycles. The van der Waals surface area contributed by atoms with Gasteiger partial charge in [-0.15, -0.1) is 0 Å². The van der Waals surface area contributed by atoms with Crippen LogP contribution in [0.25, 0.3) is 0 Å². The predicted molar refractivity (Wildman–Crippen MR) is 53.5 cm³/mol. The number of aryl methyl sites for hydroxylation is 1. The van der Waals surface area contributed by atoms with Gasteiger partial charge < -0.3 is 4.79 Å². The maximum absolute atomic E-state index is 10.2. The molecule has 64 valence electrons. The maximum Gasteiger partial charge on any atom is 0.120 e. The highest BCUT2D eigenvalue weighted by Crippen LogP contribution is 2.13. The van der Waals surface area contributed by atoms with E-state index in [2.05, 4.69) is 28.1 Å². The van der Waals surface area contributed by atoms with Gasteiger partial charge in [0.1, 0.15) is 6.29 Å². The van der Waals surface area contributed by atoms with Crippen LogP contribution in [0.5, 0.6) is 0 Å². The fraction of sp³-hybridized carbons (Fsp3) is 0.300. The van der Waals surface area contributed by atoms with E-state index in [1.807, 2.05) is 12.1 Å². The molecule has 0 amide bonds. The molecule has 0 bridgehead atoms. The summed E-state index contributed by atoms with van der Waals surface area (Å²) in [4.78, 5) is 10.2. The molecule has 0 radical (unpaired) electrons. The Labute approximate surface area is 80.9 Å². The molecule has 0 fully saturated rings. The summed E-state index contributed by atoms with van der Waals surface area (Å²) in [5, 5.41) is 0.863. The van der Waals surface area contributed by atoms with Crippen molar-refractivity contribution >= 4 is 22.2 Å². The lowest BCUT2D eigenvalue weighted by Crippen LogP contribution is -1.91. The van der Waals surface area contributed by atoms with Gasteiger partial charge in [0.2, 0.25) is 0 Å². The minimum atomic E-state index is 0.615. The molecule has 0 saturated carbocycles. The Morgan fingerprint density at radius 1 is 1.25 bits per heavy atom. The van der Waals surface area contributed by atoms with Crippen LogP contribution in [0.2, 0.25) is 0 Å². The van der Waals surface area contributed by atoms with Gasteiger partial charge in [0.25, 0.3) is 0 Å². The Bertz CT molecular complexity index is 258. The molecular formula is C10H11BrO. The molecule has 2 heteroatoms. The first-order valence-electron chi connectivity index (χ1n) is 3.95. The van der Waals surface area contributed by atoms with Gasteiger partial charge in [-0.05, 0) is 17.5 Å². The van der Waals surface area contributed by atoms with Crippen LogP contribution in [-0.4, -0.2) is 6.29 Å². The van der Waals surface area contributed by atoms with Crippen LogP contribution in [0.1, 0.15) is 17.5 Å². The molecule has 0 aliphatic rings. The lowest BCUT2D eigenvalue weighted by atomic mass is 10.0. The third-order valence-electron chi connectivity index (χ3n) is 1.79. The molecule has 1 aromatic carbocycles. The summed E-state index contributed by atoms with van der Waals surface area (Å²) in [6.45, 7) is 0. The topological polar surface area (TPSA) is 17.1 Å². The van der Waals surface area contributed by atoms with E-state index in [0.717, 1.165) is 18.0 Å². The number of halogens is 1. The van der Waals surface area contributed by atoms with E-state index in [4.69, 9.17) is 0 Å². The summed E-state index contributed by atoms with van der Waals surface area (Å²) >= 11 is 3.41. The zero-order chi connectivity index (χ0) is 8.81. The minimum Gasteiger partial charge on any atom is -0.303 e. The second-order valence-corrected chi connectivity index (χ2v) is 3.17. The largest absolute Gasteiger partial charge is 0.303 e. The zero-order valence-corrected chi connectivity index (χ0v) is 8.38. The van der Waals surface area contributed by atoms with Crippen LogP contribution in [0, 0.1) is 0 Å². The van der Waals surface area contributed by atoms with Crippen molar-refractivity contribution in [1.29, 1.82) is 0 Å². The monoisotopic (exact) mass is 226 g/mol. The second kappa shape index (κ2) is 5.09. The van der Waals surface area contributed by atoms with Gasteiger partial charge in [0.05, 0.1) is 0 Å². The molecule has 0 aliphatic carbocycles. The van der Waals surface area contributed by atoms with Gasteiger partial charge in [-0.1, -0.05) is 40.2 Å². The third kappa shape index (κ3) is 2.45. The fourth-order valence-corrected chi connectivity index (χ4v) is 1.69. The van der Waals surface area contributed by atoms with Gasteiger partial charge in [0, 0.05) is 11.8 Å². The highest BCUT2D eigenvalue weighted by atomic mass is 79.9. The van der Waals surface area contributed by atoms with Gasteiger partial charge >= 0.3 is 0 Å². The number of carbonyl (C=O) groups is 1. The highest BCUT2D eigenvalue weighted by molar-refractivity contribution is 9.08. The normalized spacial score (nSPS) is 9.75. The van der Waals surface area contributed by atoms with E-state index in [9.17, 15) is 4.79 Å². The van der Waals surface area contributed by atoms with Crippen LogP contribution < -0.4 is 0 Å². The van der Waals surface area contributed by atoms with Crippen LogP contribution in [-0.2, 0) is 16.5 Å². The Morgan fingerprint density at radius 2 is 1.92 bits per heavy atom. The van der Waals surface area contributed by atoms with Crippen molar-refractivity contribution in [2.75, 3.05) is 0 Å².